The number of nitrogens with zero attached hydrogens (tertiary/aromatic N) is 4. The van der Waals surface area contributed by atoms with Gasteiger partial charge in [-0.05, 0) is 62.4 Å². The van der Waals surface area contributed by atoms with Crippen molar-refractivity contribution >= 4 is 27.5 Å². The van der Waals surface area contributed by atoms with E-state index in [1.165, 1.54) is 0 Å². The molecule has 8 nitrogen and oxygen atoms in total. The summed E-state index contributed by atoms with van der Waals surface area (Å²) in [6, 6.07) is 4.77. The molecule has 0 radical (unpaired) electrons. The third-order valence-corrected chi connectivity index (χ3v) is 6.33. The highest BCUT2D eigenvalue weighted by atomic mass is 32.1. The van der Waals surface area contributed by atoms with Gasteiger partial charge in [-0.15, -0.1) is 23.4 Å². The van der Waals surface area contributed by atoms with Crippen LogP contribution in [-0.2, 0) is 11.2 Å². The Morgan fingerprint density at radius 3 is 2.57 bits per heavy atom. The van der Waals surface area contributed by atoms with Gasteiger partial charge in [-0.3, -0.25) is 4.79 Å². The number of halogens is 4. The van der Waals surface area contributed by atoms with Gasteiger partial charge in [0.15, 0.2) is 0 Å². The second-order valence-corrected chi connectivity index (χ2v) is 9.27. The second kappa shape index (κ2) is 10.5. The Labute approximate surface area is 202 Å². The Morgan fingerprint density at radius 2 is 1.86 bits per heavy atom. The third kappa shape index (κ3) is 7.07. The van der Waals surface area contributed by atoms with E-state index in [4.69, 9.17) is 0 Å². The molecule has 1 aromatic carbocycles. The number of aryl methyl sites for hydroxylation is 1. The standard InChI is InChI=1S/C22H22F4N6O2S/c1-12-8-18(30-27-11-12)13-2-4-15(5-3-13)28-20-31-32-21(35-20)29-19(33)10-14-9-16(6-7-17(14)23)34-22(24,25)26/h6-9,11,13,15H,2-5,10H2,1H3,(H,28,31)(H,29,32,33). The van der Waals surface area contributed by atoms with E-state index in [-0.39, 0.29) is 16.7 Å². The Morgan fingerprint density at radius 1 is 1.11 bits per heavy atom. The SMILES string of the molecule is Cc1cnnc(C2CCC(Nc3nnc(NC(=O)Cc4cc(OC(F)(F)F)ccc4F)s3)CC2)c1. The summed E-state index contributed by atoms with van der Waals surface area (Å²) in [5, 5.41) is 22.8. The number of ether oxygens (including phenoxy) is 1. The van der Waals surface area contributed by atoms with Crippen LogP contribution in [0.1, 0.15) is 48.4 Å². The van der Waals surface area contributed by atoms with Crippen LogP contribution in [0.4, 0.5) is 27.8 Å². The van der Waals surface area contributed by atoms with Crippen LogP contribution in [0.3, 0.4) is 0 Å². The summed E-state index contributed by atoms with van der Waals surface area (Å²) in [5.74, 6) is -1.70. The van der Waals surface area contributed by atoms with Gasteiger partial charge < -0.3 is 15.4 Å². The Balaban J connectivity index is 1.28. The van der Waals surface area contributed by atoms with Gasteiger partial charge in [0.25, 0.3) is 0 Å². The first-order chi connectivity index (χ1) is 16.6. The largest absolute Gasteiger partial charge is 0.573 e. The minimum absolute atomic E-state index is 0.198. The second-order valence-electron chi connectivity index (χ2n) is 8.29. The van der Waals surface area contributed by atoms with E-state index in [1.54, 1.807) is 6.20 Å². The zero-order valence-corrected chi connectivity index (χ0v) is 19.4. The van der Waals surface area contributed by atoms with Gasteiger partial charge in [-0.2, -0.15) is 10.2 Å². The van der Waals surface area contributed by atoms with Gasteiger partial charge >= 0.3 is 6.36 Å². The number of aromatic nitrogens is 4. The van der Waals surface area contributed by atoms with E-state index in [1.807, 2.05) is 6.92 Å². The average molecular weight is 511 g/mol. The number of carbonyl (C=O) groups excluding carboxylic acids is 1. The molecule has 2 heterocycles. The molecule has 4 rings (SSSR count). The number of rotatable bonds is 7. The third-order valence-electron chi connectivity index (χ3n) is 5.56. The van der Waals surface area contributed by atoms with E-state index in [0.717, 1.165) is 66.5 Å². The van der Waals surface area contributed by atoms with Gasteiger partial charge in [-0.1, -0.05) is 11.3 Å². The van der Waals surface area contributed by atoms with Crippen molar-refractivity contribution in [2.75, 3.05) is 10.6 Å². The van der Waals surface area contributed by atoms with Gasteiger partial charge in [0.1, 0.15) is 11.6 Å². The fourth-order valence-electron chi connectivity index (χ4n) is 3.95. The summed E-state index contributed by atoms with van der Waals surface area (Å²) in [6.07, 6.45) is 0.0743. The van der Waals surface area contributed by atoms with Crippen LogP contribution in [0.5, 0.6) is 5.75 Å². The lowest BCUT2D eigenvalue weighted by atomic mass is 9.84. The summed E-state index contributed by atoms with van der Waals surface area (Å²) in [5.41, 5.74) is 1.86. The van der Waals surface area contributed by atoms with Crippen LogP contribution in [0.25, 0.3) is 0 Å². The molecule has 35 heavy (non-hydrogen) atoms. The van der Waals surface area contributed by atoms with Crippen molar-refractivity contribution in [1.82, 2.24) is 20.4 Å². The number of amides is 1. The maximum Gasteiger partial charge on any atom is 0.573 e. The van der Waals surface area contributed by atoms with E-state index >= 15 is 0 Å². The first-order valence-electron chi connectivity index (χ1n) is 10.9. The highest BCUT2D eigenvalue weighted by Gasteiger charge is 2.31. The summed E-state index contributed by atoms with van der Waals surface area (Å²) in [4.78, 5) is 12.3. The summed E-state index contributed by atoms with van der Waals surface area (Å²) >= 11 is 1.12. The molecule has 13 heteroatoms. The predicted molar refractivity (Wildman–Crippen MR) is 121 cm³/mol. The fraction of sp³-hybridized carbons (Fsp3) is 0.409. The van der Waals surface area contributed by atoms with Crippen molar-refractivity contribution in [1.29, 1.82) is 0 Å². The Kier molecular flexibility index (Phi) is 7.43. The minimum atomic E-state index is -4.92. The molecule has 186 valence electrons. The Hall–Kier alpha value is -3.35. The zero-order chi connectivity index (χ0) is 25.0. The van der Waals surface area contributed by atoms with Gasteiger partial charge in [0.2, 0.25) is 16.2 Å². The van der Waals surface area contributed by atoms with Crippen LogP contribution in [0, 0.1) is 12.7 Å². The fourth-order valence-corrected chi connectivity index (χ4v) is 4.68. The normalized spacial score (nSPS) is 18.2. The molecule has 0 saturated heterocycles. The molecule has 0 bridgehead atoms. The summed E-state index contributed by atoms with van der Waals surface area (Å²) in [6.45, 7) is 1.99. The molecule has 1 saturated carbocycles. The number of anilines is 2. The van der Waals surface area contributed by atoms with Crippen molar-refractivity contribution in [2.24, 2.45) is 0 Å². The molecule has 0 aliphatic heterocycles. The number of alkyl halides is 3. The lowest BCUT2D eigenvalue weighted by Crippen LogP contribution is -2.25. The Bertz CT molecular complexity index is 1180. The molecule has 0 unspecified atom stereocenters. The van der Waals surface area contributed by atoms with Gasteiger partial charge in [-0.25, -0.2) is 4.39 Å². The number of carbonyl (C=O) groups is 1. The molecule has 1 fully saturated rings. The van der Waals surface area contributed by atoms with Crippen molar-refractivity contribution in [3.8, 4) is 5.75 Å². The average Bonchev–Trinajstić information content (AvgIpc) is 3.22. The topological polar surface area (TPSA) is 102 Å². The number of hydrogen-bond acceptors (Lipinski definition) is 8. The number of nitrogens with one attached hydrogen (secondary N) is 2. The lowest BCUT2D eigenvalue weighted by molar-refractivity contribution is -0.274. The van der Waals surface area contributed by atoms with E-state index in [0.29, 0.717) is 11.0 Å². The lowest BCUT2D eigenvalue weighted by Gasteiger charge is -2.28. The van der Waals surface area contributed by atoms with Crippen molar-refractivity contribution < 1.29 is 27.1 Å². The zero-order valence-electron chi connectivity index (χ0n) is 18.6. The molecule has 2 N–H and O–H groups in total. The quantitative estimate of drug-likeness (QED) is 0.432. The molecule has 0 atom stereocenters. The van der Waals surface area contributed by atoms with Crippen LogP contribution >= 0.6 is 11.3 Å². The van der Waals surface area contributed by atoms with E-state index in [2.05, 4.69) is 41.8 Å². The molecule has 3 aromatic rings. The van der Waals surface area contributed by atoms with Crippen LogP contribution in [-0.4, -0.2) is 38.7 Å². The van der Waals surface area contributed by atoms with E-state index in [9.17, 15) is 22.4 Å². The molecule has 2 aromatic heterocycles. The highest BCUT2D eigenvalue weighted by Crippen LogP contribution is 2.34. The van der Waals surface area contributed by atoms with Crippen LogP contribution in [0.2, 0.25) is 0 Å². The first kappa shape index (κ1) is 24.8. The van der Waals surface area contributed by atoms with Crippen molar-refractivity contribution in [3.63, 3.8) is 0 Å². The van der Waals surface area contributed by atoms with E-state index < -0.39 is 30.3 Å². The monoisotopic (exact) mass is 510 g/mol. The maximum atomic E-state index is 14.0. The minimum Gasteiger partial charge on any atom is -0.406 e. The summed E-state index contributed by atoms with van der Waals surface area (Å²) in [7, 11) is 0. The van der Waals surface area contributed by atoms with Gasteiger partial charge in [0.05, 0.1) is 18.3 Å². The van der Waals surface area contributed by atoms with Gasteiger partial charge in [0, 0.05) is 17.5 Å². The van der Waals surface area contributed by atoms with Crippen molar-refractivity contribution in [3.05, 3.63) is 53.1 Å². The molecule has 1 aliphatic rings. The number of hydrogen-bond donors (Lipinski definition) is 2. The molecular weight excluding hydrogens is 488 g/mol. The number of benzene rings is 1. The van der Waals surface area contributed by atoms with Crippen LogP contribution in [0.15, 0.2) is 30.5 Å². The smallest absolute Gasteiger partial charge is 0.406 e. The summed E-state index contributed by atoms with van der Waals surface area (Å²) < 4.78 is 54.9. The highest BCUT2D eigenvalue weighted by molar-refractivity contribution is 7.19. The molecule has 0 spiro atoms. The molecule has 1 amide bonds. The molecular formula is C22H22F4N6O2S. The predicted octanol–water partition coefficient (Wildman–Crippen LogP) is 4.99. The van der Waals surface area contributed by atoms with Crippen molar-refractivity contribution in [2.45, 2.75) is 57.3 Å². The van der Waals surface area contributed by atoms with Crippen LogP contribution < -0.4 is 15.4 Å². The maximum absolute atomic E-state index is 14.0. The first-order valence-corrected chi connectivity index (χ1v) is 11.7. The molecule has 1 aliphatic carbocycles.